The zero-order valence-electron chi connectivity index (χ0n) is 7.69. The number of nitrogens with one attached hydrogen (secondary N) is 1. The number of nitrogens with zero attached hydrogens (tertiary/aromatic N) is 2. The first-order valence-corrected chi connectivity index (χ1v) is 4.28. The summed E-state index contributed by atoms with van der Waals surface area (Å²) in [4.78, 5) is 17.7. The second-order valence-electron chi connectivity index (χ2n) is 3.07. The van der Waals surface area contributed by atoms with E-state index in [9.17, 15) is 4.79 Å². The van der Waals surface area contributed by atoms with E-state index in [1.807, 2.05) is 6.07 Å². The number of aromatic carboxylic acids is 1. The highest BCUT2D eigenvalue weighted by molar-refractivity contribution is 5.93. The van der Waals surface area contributed by atoms with E-state index in [2.05, 4.69) is 9.97 Å². The number of rotatable bonds is 2. The van der Waals surface area contributed by atoms with Gasteiger partial charge < -0.3 is 10.1 Å². The fourth-order valence-electron chi connectivity index (χ4n) is 1.47. The summed E-state index contributed by atoms with van der Waals surface area (Å²) in [7, 11) is 0. The number of fused-ring (bicyclic) bond motifs is 1. The van der Waals surface area contributed by atoms with Crippen LogP contribution < -0.4 is 0 Å². The largest absolute Gasteiger partial charge is 0.478 e. The predicted molar refractivity (Wildman–Crippen MR) is 52.4 cm³/mol. The van der Waals surface area contributed by atoms with Crippen molar-refractivity contribution in [2.45, 2.75) is 6.42 Å². The third kappa shape index (κ3) is 1.53. The Morgan fingerprint density at radius 1 is 1.60 bits per heavy atom. The molecule has 0 saturated heterocycles. The summed E-state index contributed by atoms with van der Waals surface area (Å²) in [5.41, 5.74) is 2.09. The minimum Gasteiger partial charge on any atom is -0.478 e. The minimum absolute atomic E-state index is 0.155. The minimum atomic E-state index is -1.01. The first kappa shape index (κ1) is 9.21. The molecule has 15 heavy (non-hydrogen) atoms. The van der Waals surface area contributed by atoms with Gasteiger partial charge in [-0.25, -0.2) is 9.78 Å². The Labute approximate surface area is 85.0 Å². The second-order valence-corrected chi connectivity index (χ2v) is 3.07. The predicted octanol–water partition coefficient (Wildman–Crippen LogP) is 1.33. The lowest BCUT2D eigenvalue weighted by Crippen LogP contribution is -1.98. The maximum absolute atomic E-state index is 10.8. The van der Waals surface area contributed by atoms with Gasteiger partial charge >= 0.3 is 5.97 Å². The zero-order chi connectivity index (χ0) is 10.8. The van der Waals surface area contributed by atoms with Crippen LogP contribution in [0.5, 0.6) is 0 Å². The van der Waals surface area contributed by atoms with Gasteiger partial charge in [0.2, 0.25) is 0 Å². The van der Waals surface area contributed by atoms with Crippen LogP contribution in [0.3, 0.4) is 0 Å². The van der Waals surface area contributed by atoms with Gasteiger partial charge in [-0.2, -0.15) is 5.26 Å². The van der Waals surface area contributed by atoms with E-state index in [1.54, 1.807) is 0 Å². The van der Waals surface area contributed by atoms with E-state index in [1.165, 1.54) is 18.5 Å². The number of benzene rings is 1. The molecule has 74 valence electrons. The van der Waals surface area contributed by atoms with Crippen molar-refractivity contribution >= 4 is 17.0 Å². The normalized spacial score (nSPS) is 10.1. The number of carboxylic acids is 1. The molecule has 0 saturated carbocycles. The lowest BCUT2D eigenvalue weighted by Gasteiger charge is -1.99. The van der Waals surface area contributed by atoms with Crippen molar-refractivity contribution in [3.63, 3.8) is 0 Å². The van der Waals surface area contributed by atoms with Crippen molar-refractivity contribution in [1.29, 1.82) is 5.26 Å². The van der Waals surface area contributed by atoms with Crippen molar-refractivity contribution < 1.29 is 9.90 Å². The summed E-state index contributed by atoms with van der Waals surface area (Å²) in [6.45, 7) is 0. The smallest absolute Gasteiger partial charge is 0.335 e. The standard InChI is InChI=1S/C10H7N3O2/c11-2-1-6-3-7(10(14)15)4-8-9(6)13-5-12-8/h3-5H,1H2,(H,12,13)(H,14,15). The lowest BCUT2D eigenvalue weighted by molar-refractivity contribution is 0.0697. The van der Waals surface area contributed by atoms with Gasteiger partial charge in [0.15, 0.2) is 0 Å². The molecule has 1 heterocycles. The van der Waals surface area contributed by atoms with E-state index in [0.29, 0.717) is 16.6 Å². The van der Waals surface area contributed by atoms with E-state index in [0.717, 1.165) is 0 Å². The third-order valence-corrected chi connectivity index (χ3v) is 2.12. The third-order valence-electron chi connectivity index (χ3n) is 2.12. The van der Waals surface area contributed by atoms with Gasteiger partial charge in [0.25, 0.3) is 0 Å². The van der Waals surface area contributed by atoms with Crippen LogP contribution in [0.25, 0.3) is 11.0 Å². The van der Waals surface area contributed by atoms with Crippen LogP contribution in [-0.4, -0.2) is 21.0 Å². The quantitative estimate of drug-likeness (QED) is 0.766. The summed E-state index contributed by atoms with van der Waals surface area (Å²) in [6.07, 6.45) is 1.64. The molecule has 0 unspecified atom stereocenters. The fraction of sp³-hybridized carbons (Fsp3) is 0.100. The second kappa shape index (κ2) is 3.42. The molecule has 1 aromatic heterocycles. The van der Waals surface area contributed by atoms with Crippen LogP contribution in [0.15, 0.2) is 18.5 Å². The lowest BCUT2D eigenvalue weighted by atomic mass is 10.1. The molecule has 2 rings (SSSR count). The Morgan fingerprint density at radius 3 is 3.07 bits per heavy atom. The van der Waals surface area contributed by atoms with Crippen LogP contribution in [0, 0.1) is 11.3 Å². The molecular weight excluding hydrogens is 194 g/mol. The molecule has 0 aliphatic rings. The number of nitriles is 1. The molecule has 2 N–H and O–H groups in total. The molecule has 1 aromatic carbocycles. The van der Waals surface area contributed by atoms with Crippen molar-refractivity contribution in [1.82, 2.24) is 9.97 Å². The Hall–Kier alpha value is -2.35. The molecular formula is C10H7N3O2. The number of carbonyl (C=O) groups is 1. The number of aromatic nitrogens is 2. The van der Waals surface area contributed by atoms with E-state index in [4.69, 9.17) is 10.4 Å². The summed E-state index contributed by atoms with van der Waals surface area (Å²) in [5, 5.41) is 17.5. The van der Waals surface area contributed by atoms with Crippen molar-refractivity contribution in [2.75, 3.05) is 0 Å². The van der Waals surface area contributed by atoms with Gasteiger partial charge in [-0.15, -0.1) is 0 Å². The number of aromatic amines is 1. The number of hydrogen-bond donors (Lipinski definition) is 2. The molecule has 0 atom stereocenters. The van der Waals surface area contributed by atoms with Gasteiger partial charge in [-0.05, 0) is 17.7 Å². The molecule has 0 aliphatic carbocycles. The maximum atomic E-state index is 10.8. The monoisotopic (exact) mass is 201 g/mol. The highest BCUT2D eigenvalue weighted by atomic mass is 16.4. The Balaban J connectivity index is 2.69. The zero-order valence-corrected chi connectivity index (χ0v) is 7.69. The SMILES string of the molecule is N#CCc1cc(C(=O)O)cc2[nH]cnc12. The van der Waals surface area contributed by atoms with Crippen molar-refractivity contribution in [3.05, 3.63) is 29.6 Å². The molecule has 0 spiro atoms. The van der Waals surface area contributed by atoms with Gasteiger partial charge in [0.1, 0.15) is 0 Å². The van der Waals surface area contributed by atoms with Gasteiger partial charge in [-0.3, -0.25) is 0 Å². The molecule has 0 radical (unpaired) electrons. The summed E-state index contributed by atoms with van der Waals surface area (Å²) >= 11 is 0. The van der Waals surface area contributed by atoms with Crippen LogP contribution in [0.1, 0.15) is 15.9 Å². The fourth-order valence-corrected chi connectivity index (χ4v) is 1.47. The average molecular weight is 201 g/mol. The van der Waals surface area contributed by atoms with Gasteiger partial charge in [-0.1, -0.05) is 0 Å². The highest BCUT2D eigenvalue weighted by Crippen LogP contribution is 2.18. The maximum Gasteiger partial charge on any atom is 0.335 e. The number of H-pyrrole nitrogens is 1. The molecule has 5 nitrogen and oxygen atoms in total. The molecule has 5 heteroatoms. The molecule has 0 bridgehead atoms. The topological polar surface area (TPSA) is 89.8 Å². The molecule has 0 amide bonds. The summed E-state index contributed by atoms with van der Waals surface area (Å²) < 4.78 is 0. The molecule has 2 aromatic rings. The van der Waals surface area contributed by atoms with Crippen LogP contribution in [0.4, 0.5) is 0 Å². The number of imidazole rings is 1. The summed E-state index contributed by atoms with van der Waals surface area (Å²) in [6, 6.07) is 4.97. The van der Waals surface area contributed by atoms with Crippen molar-refractivity contribution in [2.24, 2.45) is 0 Å². The van der Waals surface area contributed by atoms with E-state index < -0.39 is 5.97 Å². The Kier molecular flexibility index (Phi) is 2.10. The highest BCUT2D eigenvalue weighted by Gasteiger charge is 2.10. The average Bonchev–Trinajstić information content (AvgIpc) is 2.65. The van der Waals surface area contributed by atoms with Crippen LogP contribution in [0.2, 0.25) is 0 Å². The van der Waals surface area contributed by atoms with Gasteiger partial charge in [0, 0.05) is 0 Å². The molecule has 0 aliphatic heterocycles. The van der Waals surface area contributed by atoms with Crippen LogP contribution in [-0.2, 0) is 6.42 Å². The first-order chi connectivity index (χ1) is 7.22. The Morgan fingerprint density at radius 2 is 2.40 bits per heavy atom. The molecule has 0 fully saturated rings. The first-order valence-electron chi connectivity index (χ1n) is 4.28. The Bertz CT molecular complexity index is 566. The van der Waals surface area contributed by atoms with Crippen molar-refractivity contribution in [3.8, 4) is 6.07 Å². The summed E-state index contributed by atoms with van der Waals surface area (Å²) in [5.74, 6) is -1.01. The van der Waals surface area contributed by atoms with E-state index in [-0.39, 0.29) is 12.0 Å². The number of carboxylic acid groups (broad SMARTS) is 1. The van der Waals surface area contributed by atoms with Crippen LogP contribution >= 0.6 is 0 Å². The van der Waals surface area contributed by atoms with E-state index >= 15 is 0 Å². The number of hydrogen-bond acceptors (Lipinski definition) is 3. The van der Waals surface area contributed by atoms with Gasteiger partial charge in [0.05, 0.1) is 35.4 Å².